The maximum atomic E-state index is 9.88. The number of methoxy groups -OCH3 is 2. The Morgan fingerprint density at radius 2 is 1.89 bits per heavy atom. The molecule has 0 aliphatic rings. The van der Waals surface area contributed by atoms with Gasteiger partial charge in [-0.3, -0.25) is 0 Å². The maximum absolute atomic E-state index is 9.88. The van der Waals surface area contributed by atoms with E-state index in [4.69, 9.17) is 21.7 Å². The van der Waals surface area contributed by atoms with Crippen LogP contribution in [0, 0.1) is 31.2 Å². The Balaban J connectivity index is 0.00000392. The van der Waals surface area contributed by atoms with Crippen molar-refractivity contribution in [2.45, 2.75) is 20.4 Å². The molecule has 0 saturated heterocycles. The van der Waals surface area contributed by atoms with Crippen LogP contribution in [0.2, 0.25) is 0 Å². The quantitative estimate of drug-likeness (QED) is 0.289. The molecule has 2 N–H and O–H groups in total. The fourth-order valence-corrected chi connectivity index (χ4v) is 2.76. The Morgan fingerprint density at radius 3 is 2.43 bits per heavy atom. The summed E-state index contributed by atoms with van der Waals surface area (Å²) in [5.74, 6) is 1.37. The largest absolute Gasteiger partial charge is 0.551 e. The van der Waals surface area contributed by atoms with Gasteiger partial charge in [-0.05, 0) is 55.3 Å². The summed E-state index contributed by atoms with van der Waals surface area (Å²) in [6, 6.07) is 12.3. The predicted octanol–water partition coefficient (Wildman–Crippen LogP) is 3.85. The van der Waals surface area contributed by atoms with Crippen LogP contribution in [-0.2, 0) is 39.3 Å². The van der Waals surface area contributed by atoms with Crippen molar-refractivity contribution >= 4 is 23.3 Å². The summed E-state index contributed by atoms with van der Waals surface area (Å²) in [7, 11) is 3.11. The number of benzene rings is 2. The van der Waals surface area contributed by atoms with Gasteiger partial charge in [0.15, 0.2) is 0 Å². The van der Waals surface area contributed by atoms with Gasteiger partial charge in [0, 0.05) is 44.2 Å². The van der Waals surface area contributed by atoms with E-state index < -0.39 is 0 Å². The topological polar surface area (TPSA) is 74.5 Å². The number of nitrogens with zero attached hydrogens (tertiary/aromatic N) is 1. The molecule has 0 aromatic heterocycles. The molecule has 2 aromatic carbocycles. The molecule has 0 bridgehead atoms. The van der Waals surface area contributed by atoms with Crippen molar-refractivity contribution in [1.29, 1.82) is 5.26 Å². The number of rotatable bonds is 6. The zero-order valence-electron chi connectivity index (χ0n) is 16.3. The fourth-order valence-electron chi connectivity index (χ4n) is 2.58. The van der Waals surface area contributed by atoms with Gasteiger partial charge in [-0.15, -0.1) is 17.7 Å². The Morgan fingerprint density at radius 1 is 1.25 bits per heavy atom. The standard InChI is InChI=1S/C21H21N2O3S.Y/c1-13-7-16(8-14(2)20(13)24)9-17(11-22)21(27)23-12-15-5-6-18(25-3)19(10-15)26-4;/h5,7-10,24H,12H2,1-4H3,(H,23,27);/q-1;/b17-9+;. The minimum Gasteiger partial charge on any atom is -0.551 e. The van der Waals surface area contributed by atoms with E-state index in [1.54, 1.807) is 26.4 Å². The van der Waals surface area contributed by atoms with Gasteiger partial charge in [-0.2, -0.15) is 11.3 Å². The van der Waals surface area contributed by atoms with Gasteiger partial charge in [-0.1, -0.05) is 12.2 Å². The molecular weight excluding hydrogens is 449 g/mol. The van der Waals surface area contributed by atoms with Crippen LogP contribution in [0.1, 0.15) is 22.3 Å². The van der Waals surface area contributed by atoms with Crippen molar-refractivity contribution in [3.05, 3.63) is 58.2 Å². The van der Waals surface area contributed by atoms with E-state index in [1.165, 1.54) is 0 Å². The molecule has 0 unspecified atom stereocenters. The molecule has 5 nitrogen and oxygen atoms in total. The third kappa shape index (κ3) is 6.03. The van der Waals surface area contributed by atoms with E-state index in [-0.39, 0.29) is 38.5 Å². The number of thiocarbonyl (C=S) groups is 1. The number of ether oxygens (including phenoxy) is 2. The first-order valence-corrected chi connectivity index (χ1v) is 8.63. The minimum absolute atomic E-state index is 0. The van der Waals surface area contributed by atoms with E-state index in [0.29, 0.717) is 28.6 Å². The van der Waals surface area contributed by atoms with Crippen molar-refractivity contribution in [2.75, 3.05) is 14.2 Å². The molecule has 1 radical (unpaired) electrons. The Labute approximate surface area is 196 Å². The fraction of sp³-hybridized carbons (Fsp3) is 0.238. The predicted molar refractivity (Wildman–Crippen MR) is 109 cm³/mol. The molecule has 0 atom stereocenters. The van der Waals surface area contributed by atoms with Crippen LogP contribution in [0.4, 0.5) is 0 Å². The van der Waals surface area contributed by atoms with Crippen molar-refractivity contribution in [1.82, 2.24) is 5.32 Å². The van der Waals surface area contributed by atoms with Crippen molar-refractivity contribution < 1.29 is 47.3 Å². The summed E-state index contributed by atoms with van der Waals surface area (Å²) in [5.41, 5.74) is 3.54. The SMILES string of the molecule is COc1[c-]cc(CNC(=S)/C(C#N)=C/c2cc(C)c(O)c(C)c2)cc1OC.[Y]. The van der Waals surface area contributed by atoms with Crippen molar-refractivity contribution in [2.24, 2.45) is 0 Å². The van der Waals surface area contributed by atoms with E-state index in [0.717, 1.165) is 22.3 Å². The first-order chi connectivity index (χ1) is 12.9. The Bertz CT molecular complexity index is 913. The number of nitriles is 1. The average Bonchev–Trinajstić information content (AvgIpc) is 2.67. The second-order valence-corrected chi connectivity index (χ2v) is 6.37. The number of aryl methyl sites for hydroxylation is 2. The summed E-state index contributed by atoms with van der Waals surface area (Å²) in [6.07, 6.45) is 1.70. The number of aromatic hydroxyl groups is 1. The molecule has 0 saturated carbocycles. The molecular formula is C21H21N2O3SY-. The monoisotopic (exact) mass is 470 g/mol. The van der Waals surface area contributed by atoms with Crippen molar-refractivity contribution in [3.8, 4) is 23.3 Å². The first-order valence-electron chi connectivity index (χ1n) is 8.22. The van der Waals surface area contributed by atoms with Crippen LogP contribution in [0.3, 0.4) is 0 Å². The maximum Gasteiger partial charge on any atom is 0.121 e. The summed E-state index contributed by atoms with van der Waals surface area (Å²) in [4.78, 5) is 0.343. The molecule has 2 rings (SSSR count). The summed E-state index contributed by atoms with van der Waals surface area (Å²) >= 11 is 5.36. The molecule has 143 valence electrons. The van der Waals surface area contributed by atoms with E-state index >= 15 is 0 Å². The molecule has 0 aliphatic heterocycles. The van der Waals surface area contributed by atoms with Crippen LogP contribution in [0.15, 0.2) is 29.8 Å². The number of phenolic OH excluding ortho intramolecular Hbond substituents is 1. The summed E-state index contributed by atoms with van der Waals surface area (Å²) in [6.45, 7) is 4.05. The number of hydrogen-bond acceptors (Lipinski definition) is 5. The minimum atomic E-state index is 0. The zero-order valence-corrected chi connectivity index (χ0v) is 19.9. The second-order valence-electron chi connectivity index (χ2n) is 5.97. The first kappa shape index (κ1) is 24.1. The zero-order chi connectivity index (χ0) is 20.0. The Hall–Kier alpha value is -1.94. The molecule has 0 amide bonds. The van der Waals surface area contributed by atoms with Gasteiger partial charge in [0.05, 0.1) is 19.8 Å². The van der Waals surface area contributed by atoms with Gasteiger partial charge < -0.3 is 19.9 Å². The molecule has 0 aliphatic carbocycles. The van der Waals surface area contributed by atoms with Gasteiger partial charge >= 0.3 is 0 Å². The third-order valence-electron chi connectivity index (χ3n) is 4.00. The van der Waals surface area contributed by atoms with Gasteiger partial charge in [0.25, 0.3) is 0 Å². The Kier molecular flexibility index (Phi) is 9.61. The van der Waals surface area contributed by atoms with Gasteiger partial charge in [0.1, 0.15) is 16.8 Å². The molecule has 2 aromatic rings. The number of nitrogens with one attached hydrogen (secondary N) is 1. The number of hydrogen-bond donors (Lipinski definition) is 2. The van der Waals surface area contributed by atoms with E-state index in [1.807, 2.05) is 32.0 Å². The van der Waals surface area contributed by atoms with E-state index in [2.05, 4.69) is 17.5 Å². The molecule has 0 fully saturated rings. The molecule has 0 heterocycles. The third-order valence-corrected chi connectivity index (χ3v) is 4.36. The van der Waals surface area contributed by atoms with Gasteiger partial charge in [-0.25, -0.2) is 0 Å². The molecule has 28 heavy (non-hydrogen) atoms. The molecule has 0 spiro atoms. The molecule has 7 heteroatoms. The smallest absolute Gasteiger partial charge is 0.121 e. The normalized spacial score (nSPS) is 10.5. The average molecular weight is 470 g/mol. The van der Waals surface area contributed by atoms with Crippen LogP contribution in [-0.4, -0.2) is 24.3 Å². The van der Waals surface area contributed by atoms with Gasteiger partial charge in [0.2, 0.25) is 0 Å². The second kappa shape index (κ2) is 11.2. The summed E-state index contributed by atoms with van der Waals surface area (Å²) < 4.78 is 10.4. The van der Waals surface area contributed by atoms with Crippen LogP contribution in [0.25, 0.3) is 6.08 Å². The van der Waals surface area contributed by atoms with Crippen LogP contribution in [0.5, 0.6) is 17.2 Å². The van der Waals surface area contributed by atoms with Crippen molar-refractivity contribution in [3.63, 3.8) is 0 Å². The van der Waals surface area contributed by atoms with E-state index in [9.17, 15) is 10.4 Å². The van der Waals surface area contributed by atoms with Crippen LogP contribution < -0.4 is 14.8 Å². The van der Waals surface area contributed by atoms with Crippen LogP contribution >= 0.6 is 12.2 Å². The number of phenols is 1. The summed E-state index contributed by atoms with van der Waals surface area (Å²) in [5, 5.41) is 22.4.